The van der Waals surface area contributed by atoms with Crippen molar-refractivity contribution in [3.63, 3.8) is 0 Å². The zero-order valence-electron chi connectivity index (χ0n) is 14.9. The van der Waals surface area contributed by atoms with Gasteiger partial charge >= 0.3 is 0 Å². The van der Waals surface area contributed by atoms with Gasteiger partial charge in [0.1, 0.15) is 5.82 Å². The van der Waals surface area contributed by atoms with Crippen LogP contribution in [0.2, 0.25) is 0 Å². The summed E-state index contributed by atoms with van der Waals surface area (Å²) in [6.45, 7) is 2.19. The first kappa shape index (κ1) is 17.2. The molecular weight excluding hydrogens is 314 g/mol. The third kappa shape index (κ3) is 4.47. The van der Waals surface area contributed by atoms with Crippen molar-refractivity contribution >= 4 is 17.4 Å². The number of aromatic nitrogens is 2. The predicted octanol–water partition coefficient (Wildman–Crippen LogP) is 2.08. The number of nitrogens with one attached hydrogen (secondary N) is 1. The molecule has 6 heteroatoms. The lowest BCUT2D eigenvalue weighted by Crippen LogP contribution is -2.43. The van der Waals surface area contributed by atoms with Gasteiger partial charge in [0.05, 0.1) is 12.1 Å². The smallest absolute Gasteiger partial charge is 0.225 e. The quantitative estimate of drug-likeness (QED) is 0.904. The predicted molar refractivity (Wildman–Crippen MR) is 99.6 cm³/mol. The van der Waals surface area contributed by atoms with Gasteiger partial charge < -0.3 is 15.1 Å². The molecule has 1 atom stereocenters. The molecule has 2 heterocycles. The fraction of sp³-hybridized carbons (Fsp3) is 0.421. The Morgan fingerprint density at radius 2 is 2.08 bits per heavy atom. The Kier molecular flexibility index (Phi) is 5.48. The lowest BCUT2D eigenvalue weighted by Gasteiger charge is -2.32. The zero-order chi connectivity index (χ0) is 17.6. The van der Waals surface area contributed by atoms with Crippen LogP contribution in [-0.2, 0) is 11.3 Å². The summed E-state index contributed by atoms with van der Waals surface area (Å²) < 4.78 is 0. The number of hydrogen-bond donors (Lipinski definition) is 1. The van der Waals surface area contributed by atoms with Gasteiger partial charge in [-0.2, -0.15) is 0 Å². The summed E-state index contributed by atoms with van der Waals surface area (Å²) in [5, 5.41) is 3.07. The van der Waals surface area contributed by atoms with Crippen LogP contribution >= 0.6 is 0 Å². The monoisotopic (exact) mass is 339 g/mol. The SMILES string of the molecule is CN(C)c1ccc(CNC(=O)C2CCCN(c3cnccn3)C2)cc1. The van der Waals surface area contributed by atoms with Crippen LogP contribution in [0.5, 0.6) is 0 Å². The molecule has 1 amide bonds. The normalized spacial score (nSPS) is 17.2. The zero-order valence-corrected chi connectivity index (χ0v) is 14.9. The number of nitrogens with zero attached hydrogens (tertiary/aromatic N) is 4. The third-order valence-corrected chi connectivity index (χ3v) is 4.59. The van der Waals surface area contributed by atoms with Crippen molar-refractivity contribution in [2.24, 2.45) is 5.92 Å². The first-order valence-electron chi connectivity index (χ1n) is 8.68. The number of piperidine rings is 1. The van der Waals surface area contributed by atoms with Crippen molar-refractivity contribution in [1.82, 2.24) is 15.3 Å². The molecule has 1 unspecified atom stereocenters. The van der Waals surface area contributed by atoms with Crippen molar-refractivity contribution in [1.29, 1.82) is 0 Å². The summed E-state index contributed by atoms with van der Waals surface area (Å²) in [6.07, 6.45) is 7.02. The van der Waals surface area contributed by atoms with Gasteiger partial charge in [-0.3, -0.25) is 9.78 Å². The van der Waals surface area contributed by atoms with E-state index in [4.69, 9.17) is 0 Å². The topological polar surface area (TPSA) is 61.4 Å². The molecule has 1 saturated heterocycles. The molecule has 1 aliphatic rings. The highest BCUT2D eigenvalue weighted by Gasteiger charge is 2.26. The van der Waals surface area contributed by atoms with Crippen LogP contribution in [0.1, 0.15) is 18.4 Å². The van der Waals surface area contributed by atoms with Crippen molar-refractivity contribution in [3.8, 4) is 0 Å². The van der Waals surface area contributed by atoms with Crippen molar-refractivity contribution in [2.45, 2.75) is 19.4 Å². The summed E-state index contributed by atoms with van der Waals surface area (Å²) in [5.74, 6) is 0.960. The van der Waals surface area contributed by atoms with Crippen LogP contribution in [0.4, 0.5) is 11.5 Å². The van der Waals surface area contributed by atoms with Crippen LogP contribution in [0.3, 0.4) is 0 Å². The molecule has 1 aromatic heterocycles. The van der Waals surface area contributed by atoms with E-state index in [1.807, 2.05) is 14.1 Å². The third-order valence-electron chi connectivity index (χ3n) is 4.59. The molecule has 1 N–H and O–H groups in total. The second kappa shape index (κ2) is 7.96. The van der Waals surface area contributed by atoms with E-state index in [2.05, 4.69) is 49.4 Å². The standard InChI is InChI=1S/C19H25N5O/c1-23(2)17-7-5-15(6-8-17)12-22-19(25)16-4-3-11-24(14-16)18-13-20-9-10-21-18/h5-10,13,16H,3-4,11-12,14H2,1-2H3,(H,22,25). The summed E-state index contributed by atoms with van der Waals surface area (Å²) in [4.78, 5) is 25.2. The van der Waals surface area contributed by atoms with Gasteiger partial charge in [-0.1, -0.05) is 12.1 Å². The summed E-state index contributed by atoms with van der Waals surface area (Å²) in [6, 6.07) is 8.25. The molecule has 0 aliphatic carbocycles. The molecule has 132 valence electrons. The molecule has 0 spiro atoms. The van der Waals surface area contributed by atoms with Gasteiger partial charge in [0, 0.05) is 51.8 Å². The van der Waals surface area contributed by atoms with Crippen LogP contribution in [0.25, 0.3) is 0 Å². The average Bonchev–Trinajstić information content (AvgIpc) is 2.67. The molecular formula is C19H25N5O. The molecule has 1 aliphatic heterocycles. The molecule has 6 nitrogen and oxygen atoms in total. The molecule has 25 heavy (non-hydrogen) atoms. The second-order valence-electron chi connectivity index (χ2n) is 6.63. The fourth-order valence-corrected chi connectivity index (χ4v) is 3.10. The molecule has 0 bridgehead atoms. The van der Waals surface area contributed by atoms with Crippen molar-refractivity contribution < 1.29 is 4.79 Å². The van der Waals surface area contributed by atoms with Crippen molar-refractivity contribution in [3.05, 3.63) is 48.4 Å². The summed E-state index contributed by atoms with van der Waals surface area (Å²) >= 11 is 0. The highest BCUT2D eigenvalue weighted by atomic mass is 16.1. The Morgan fingerprint density at radius 3 is 2.76 bits per heavy atom. The lowest BCUT2D eigenvalue weighted by molar-refractivity contribution is -0.125. The minimum absolute atomic E-state index is 0.00296. The molecule has 3 rings (SSSR count). The maximum Gasteiger partial charge on any atom is 0.225 e. The van der Waals surface area contributed by atoms with E-state index in [0.29, 0.717) is 13.1 Å². The maximum atomic E-state index is 12.5. The van der Waals surface area contributed by atoms with E-state index in [9.17, 15) is 4.79 Å². The van der Waals surface area contributed by atoms with Gasteiger partial charge in [-0.05, 0) is 30.5 Å². The van der Waals surface area contributed by atoms with E-state index in [1.54, 1.807) is 18.6 Å². The average molecular weight is 339 g/mol. The van der Waals surface area contributed by atoms with E-state index >= 15 is 0 Å². The highest BCUT2D eigenvalue weighted by molar-refractivity contribution is 5.79. The second-order valence-corrected chi connectivity index (χ2v) is 6.63. The summed E-state index contributed by atoms with van der Waals surface area (Å²) in [7, 11) is 4.03. The number of rotatable bonds is 5. The Hall–Kier alpha value is -2.63. The van der Waals surface area contributed by atoms with Gasteiger partial charge in [0.2, 0.25) is 5.91 Å². The molecule has 0 radical (unpaired) electrons. The van der Waals surface area contributed by atoms with Gasteiger partial charge in [-0.15, -0.1) is 0 Å². The van der Waals surface area contributed by atoms with E-state index in [1.165, 1.54) is 0 Å². The number of anilines is 2. The first-order valence-corrected chi connectivity index (χ1v) is 8.68. The minimum atomic E-state index is -0.00296. The highest BCUT2D eigenvalue weighted by Crippen LogP contribution is 2.21. The maximum absolute atomic E-state index is 12.5. The first-order chi connectivity index (χ1) is 12.1. The van der Waals surface area contributed by atoms with Crippen LogP contribution in [0, 0.1) is 5.92 Å². The van der Waals surface area contributed by atoms with E-state index in [0.717, 1.165) is 36.5 Å². The molecule has 0 saturated carbocycles. The van der Waals surface area contributed by atoms with Crippen LogP contribution in [0.15, 0.2) is 42.9 Å². The van der Waals surface area contributed by atoms with Crippen molar-refractivity contribution in [2.75, 3.05) is 37.0 Å². The lowest BCUT2D eigenvalue weighted by atomic mass is 9.97. The molecule has 1 aromatic carbocycles. The molecule has 1 fully saturated rings. The Balaban J connectivity index is 1.54. The Labute approximate surface area is 148 Å². The van der Waals surface area contributed by atoms with Gasteiger partial charge in [0.15, 0.2) is 0 Å². The number of amides is 1. The molecule has 2 aromatic rings. The fourth-order valence-electron chi connectivity index (χ4n) is 3.10. The Morgan fingerprint density at radius 1 is 1.28 bits per heavy atom. The largest absolute Gasteiger partial charge is 0.378 e. The minimum Gasteiger partial charge on any atom is -0.378 e. The van der Waals surface area contributed by atoms with Gasteiger partial charge in [-0.25, -0.2) is 4.98 Å². The summed E-state index contributed by atoms with van der Waals surface area (Å²) in [5.41, 5.74) is 2.27. The number of carbonyl (C=O) groups is 1. The van der Waals surface area contributed by atoms with Gasteiger partial charge in [0.25, 0.3) is 0 Å². The van der Waals surface area contributed by atoms with Crippen LogP contribution < -0.4 is 15.1 Å². The Bertz CT molecular complexity index is 687. The number of carbonyl (C=O) groups excluding carboxylic acids is 1. The van der Waals surface area contributed by atoms with E-state index in [-0.39, 0.29) is 11.8 Å². The van der Waals surface area contributed by atoms with Crippen LogP contribution in [-0.4, -0.2) is 43.1 Å². The number of hydrogen-bond acceptors (Lipinski definition) is 5. The number of benzene rings is 1. The van der Waals surface area contributed by atoms with E-state index < -0.39 is 0 Å².